The van der Waals surface area contributed by atoms with Gasteiger partial charge in [-0.2, -0.15) is 5.10 Å². The van der Waals surface area contributed by atoms with Crippen LogP contribution in [0.2, 0.25) is 0 Å². The zero-order valence-corrected chi connectivity index (χ0v) is 11.8. The number of hydrogen-bond donors (Lipinski definition) is 2. The Hall–Kier alpha value is -2.14. The third kappa shape index (κ3) is 2.58. The SMILES string of the molecule is CNC(CCn1nccc1C)(C(N)=O)c1ccccc1. The van der Waals surface area contributed by atoms with Crippen LogP contribution in [-0.2, 0) is 16.9 Å². The van der Waals surface area contributed by atoms with Gasteiger partial charge in [0.05, 0.1) is 0 Å². The molecule has 0 aliphatic heterocycles. The van der Waals surface area contributed by atoms with E-state index in [2.05, 4.69) is 10.4 Å². The minimum Gasteiger partial charge on any atom is -0.368 e. The van der Waals surface area contributed by atoms with E-state index in [0.717, 1.165) is 11.3 Å². The minimum atomic E-state index is -0.875. The van der Waals surface area contributed by atoms with Crippen molar-refractivity contribution in [3.63, 3.8) is 0 Å². The normalized spacial score (nSPS) is 13.9. The summed E-state index contributed by atoms with van der Waals surface area (Å²) in [5.41, 5.74) is 6.72. The molecule has 0 saturated carbocycles. The van der Waals surface area contributed by atoms with Gasteiger partial charge in [0.15, 0.2) is 0 Å². The Morgan fingerprint density at radius 2 is 2.05 bits per heavy atom. The van der Waals surface area contributed by atoms with Gasteiger partial charge in [-0.3, -0.25) is 9.48 Å². The molecule has 0 aliphatic rings. The first kappa shape index (κ1) is 14.3. The summed E-state index contributed by atoms with van der Waals surface area (Å²) in [5, 5.41) is 7.34. The molecule has 0 radical (unpaired) electrons. The number of aryl methyl sites for hydroxylation is 2. The molecule has 1 aromatic carbocycles. The Bertz CT molecular complexity index is 579. The third-order valence-corrected chi connectivity index (χ3v) is 3.74. The lowest BCUT2D eigenvalue weighted by Crippen LogP contribution is -2.51. The summed E-state index contributed by atoms with van der Waals surface area (Å²) in [4.78, 5) is 12.0. The van der Waals surface area contributed by atoms with Crippen LogP contribution < -0.4 is 11.1 Å². The average molecular weight is 272 g/mol. The molecule has 1 unspecified atom stereocenters. The zero-order valence-electron chi connectivity index (χ0n) is 11.8. The highest BCUT2D eigenvalue weighted by atomic mass is 16.1. The van der Waals surface area contributed by atoms with E-state index in [0.29, 0.717) is 13.0 Å². The van der Waals surface area contributed by atoms with Crippen molar-refractivity contribution in [3.05, 3.63) is 53.9 Å². The highest BCUT2D eigenvalue weighted by Gasteiger charge is 2.36. The molecular formula is C15H20N4O. The van der Waals surface area contributed by atoms with E-state index in [1.54, 1.807) is 13.2 Å². The number of benzene rings is 1. The van der Waals surface area contributed by atoms with Crippen LogP contribution in [0.1, 0.15) is 17.7 Å². The predicted molar refractivity (Wildman–Crippen MR) is 78.0 cm³/mol. The van der Waals surface area contributed by atoms with Gasteiger partial charge in [0, 0.05) is 18.4 Å². The second-order valence-corrected chi connectivity index (χ2v) is 4.83. The summed E-state index contributed by atoms with van der Waals surface area (Å²) < 4.78 is 1.87. The molecule has 0 bridgehead atoms. The maximum Gasteiger partial charge on any atom is 0.242 e. The maximum absolute atomic E-state index is 12.0. The third-order valence-electron chi connectivity index (χ3n) is 3.74. The van der Waals surface area contributed by atoms with Crippen molar-refractivity contribution in [3.8, 4) is 0 Å². The lowest BCUT2D eigenvalue weighted by atomic mass is 9.86. The minimum absolute atomic E-state index is 0.379. The van der Waals surface area contributed by atoms with E-state index in [1.807, 2.05) is 48.0 Å². The second-order valence-electron chi connectivity index (χ2n) is 4.83. The number of hydrogen-bond acceptors (Lipinski definition) is 3. The Morgan fingerprint density at radius 3 is 2.55 bits per heavy atom. The van der Waals surface area contributed by atoms with Crippen molar-refractivity contribution < 1.29 is 4.79 Å². The summed E-state index contributed by atoms with van der Waals surface area (Å²) >= 11 is 0. The van der Waals surface area contributed by atoms with Gasteiger partial charge in [-0.15, -0.1) is 0 Å². The first-order valence-corrected chi connectivity index (χ1v) is 6.63. The summed E-state index contributed by atoms with van der Waals surface area (Å²) in [6.45, 7) is 2.61. The number of likely N-dealkylation sites (N-methyl/N-ethyl adjacent to an activating group) is 1. The first-order chi connectivity index (χ1) is 9.60. The Balaban J connectivity index is 2.29. The average Bonchev–Trinajstić information content (AvgIpc) is 2.86. The highest BCUT2D eigenvalue weighted by molar-refractivity contribution is 5.86. The standard InChI is InChI=1S/C15H20N4O/c1-12-8-10-18-19(12)11-9-15(17-2,14(16)20)13-6-4-3-5-7-13/h3-8,10,17H,9,11H2,1-2H3,(H2,16,20). The molecule has 0 fully saturated rings. The molecule has 0 saturated heterocycles. The predicted octanol–water partition coefficient (Wildman–Crippen LogP) is 1.18. The Labute approximate surface area is 118 Å². The van der Waals surface area contributed by atoms with Gasteiger partial charge < -0.3 is 11.1 Å². The molecule has 106 valence electrons. The summed E-state index contributed by atoms with van der Waals surface area (Å²) in [6, 6.07) is 11.5. The monoisotopic (exact) mass is 272 g/mol. The van der Waals surface area contributed by atoms with Crippen molar-refractivity contribution in [1.29, 1.82) is 0 Å². The fourth-order valence-electron chi connectivity index (χ4n) is 2.43. The summed E-state index contributed by atoms with van der Waals surface area (Å²) in [6.07, 6.45) is 2.30. The van der Waals surface area contributed by atoms with E-state index in [9.17, 15) is 4.79 Å². The largest absolute Gasteiger partial charge is 0.368 e. The van der Waals surface area contributed by atoms with Crippen LogP contribution >= 0.6 is 0 Å². The van der Waals surface area contributed by atoms with Crippen LogP contribution in [0.15, 0.2) is 42.6 Å². The number of nitrogens with one attached hydrogen (secondary N) is 1. The van der Waals surface area contributed by atoms with Crippen molar-refractivity contribution in [2.45, 2.75) is 25.4 Å². The zero-order chi connectivity index (χ0) is 14.6. The molecule has 2 aromatic rings. The van der Waals surface area contributed by atoms with Crippen LogP contribution in [0.3, 0.4) is 0 Å². The quantitative estimate of drug-likeness (QED) is 0.829. The summed E-state index contributed by atoms with van der Waals surface area (Å²) in [5.74, 6) is -0.379. The fraction of sp³-hybridized carbons (Fsp3) is 0.333. The van der Waals surface area contributed by atoms with Crippen molar-refractivity contribution >= 4 is 5.91 Å². The van der Waals surface area contributed by atoms with Gasteiger partial charge in [-0.05, 0) is 32.0 Å². The van der Waals surface area contributed by atoms with Gasteiger partial charge in [0.2, 0.25) is 5.91 Å². The molecule has 0 spiro atoms. The molecule has 5 nitrogen and oxygen atoms in total. The number of rotatable bonds is 6. The number of aromatic nitrogens is 2. The number of primary amides is 1. The van der Waals surface area contributed by atoms with Gasteiger partial charge in [-0.25, -0.2) is 0 Å². The van der Waals surface area contributed by atoms with Gasteiger partial charge in [0.25, 0.3) is 0 Å². The van der Waals surface area contributed by atoms with E-state index in [-0.39, 0.29) is 5.91 Å². The van der Waals surface area contributed by atoms with Crippen LogP contribution in [0.25, 0.3) is 0 Å². The number of nitrogens with two attached hydrogens (primary N) is 1. The molecule has 3 N–H and O–H groups in total. The van der Waals surface area contributed by atoms with Crippen molar-refractivity contribution in [2.24, 2.45) is 5.73 Å². The molecular weight excluding hydrogens is 252 g/mol. The van der Waals surface area contributed by atoms with Crippen molar-refractivity contribution in [2.75, 3.05) is 7.05 Å². The molecule has 2 rings (SSSR count). The number of nitrogens with zero attached hydrogens (tertiary/aromatic N) is 2. The van der Waals surface area contributed by atoms with Crippen LogP contribution in [0.4, 0.5) is 0 Å². The molecule has 1 aromatic heterocycles. The highest BCUT2D eigenvalue weighted by Crippen LogP contribution is 2.25. The lowest BCUT2D eigenvalue weighted by Gasteiger charge is -2.31. The first-order valence-electron chi connectivity index (χ1n) is 6.63. The summed E-state index contributed by atoms with van der Waals surface area (Å²) in [7, 11) is 1.76. The van der Waals surface area contributed by atoms with Gasteiger partial charge >= 0.3 is 0 Å². The topological polar surface area (TPSA) is 72.9 Å². The number of carbonyl (C=O) groups is 1. The number of carbonyl (C=O) groups excluding carboxylic acids is 1. The van der Waals surface area contributed by atoms with E-state index < -0.39 is 5.54 Å². The van der Waals surface area contributed by atoms with Crippen molar-refractivity contribution in [1.82, 2.24) is 15.1 Å². The molecule has 1 atom stereocenters. The number of amides is 1. The smallest absolute Gasteiger partial charge is 0.242 e. The Kier molecular flexibility index (Phi) is 4.20. The molecule has 1 heterocycles. The van der Waals surface area contributed by atoms with Crippen LogP contribution in [0.5, 0.6) is 0 Å². The lowest BCUT2D eigenvalue weighted by molar-refractivity contribution is -0.125. The maximum atomic E-state index is 12.0. The van der Waals surface area contributed by atoms with E-state index in [4.69, 9.17) is 5.73 Å². The fourth-order valence-corrected chi connectivity index (χ4v) is 2.43. The van der Waals surface area contributed by atoms with E-state index >= 15 is 0 Å². The molecule has 20 heavy (non-hydrogen) atoms. The Morgan fingerprint density at radius 1 is 1.35 bits per heavy atom. The van der Waals surface area contributed by atoms with Gasteiger partial charge in [0.1, 0.15) is 5.54 Å². The van der Waals surface area contributed by atoms with Crippen LogP contribution in [-0.4, -0.2) is 22.7 Å². The molecule has 5 heteroatoms. The van der Waals surface area contributed by atoms with E-state index in [1.165, 1.54) is 0 Å². The second kappa shape index (κ2) is 5.88. The van der Waals surface area contributed by atoms with Gasteiger partial charge in [-0.1, -0.05) is 30.3 Å². The molecule has 0 aliphatic carbocycles. The molecule has 1 amide bonds. The van der Waals surface area contributed by atoms with Crippen LogP contribution in [0, 0.1) is 6.92 Å².